The summed E-state index contributed by atoms with van der Waals surface area (Å²) in [7, 11) is 0. The van der Waals surface area contributed by atoms with Crippen LogP contribution < -0.4 is 0 Å². The lowest BCUT2D eigenvalue weighted by Crippen LogP contribution is -2.35. The molecule has 2 heterocycles. The number of aryl methyl sites for hydroxylation is 1. The highest BCUT2D eigenvalue weighted by Gasteiger charge is 2.32. The number of thiazole rings is 1. The van der Waals surface area contributed by atoms with Crippen molar-refractivity contribution >= 4 is 27.3 Å². The van der Waals surface area contributed by atoms with Gasteiger partial charge in [-0.1, -0.05) is 15.9 Å². The Morgan fingerprint density at radius 2 is 2.53 bits per heavy atom. The standard InChI is InChI=1S/C11H16BrNOS/c1-9-6-15-10(13-9)5-11(7-12)3-2-4-14-8-11/h6H,2-5,7-8H2,1H3. The molecule has 0 N–H and O–H groups in total. The summed E-state index contributed by atoms with van der Waals surface area (Å²) in [6.45, 7) is 3.85. The second-order valence-corrected chi connectivity index (χ2v) is 5.85. The second-order valence-electron chi connectivity index (χ2n) is 4.35. The molecule has 84 valence electrons. The predicted octanol–water partition coefficient (Wildman–Crippen LogP) is 3.19. The normalized spacial score (nSPS) is 26.8. The predicted molar refractivity (Wildman–Crippen MR) is 66.8 cm³/mol. The summed E-state index contributed by atoms with van der Waals surface area (Å²) in [5.41, 5.74) is 1.42. The van der Waals surface area contributed by atoms with E-state index in [0.29, 0.717) is 0 Å². The van der Waals surface area contributed by atoms with Gasteiger partial charge in [0.25, 0.3) is 0 Å². The van der Waals surface area contributed by atoms with Crippen LogP contribution in [0.2, 0.25) is 0 Å². The Hall–Kier alpha value is 0.0700. The van der Waals surface area contributed by atoms with Gasteiger partial charge in [-0.05, 0) is 19.8 Å². The fourth-order valence-electron chi connectivity index (χ4n) is 2.01. The summed E-state index contributed by atoms with van der Waals surface area (Å²) in [6.07, 6.45) is 3.48. The molecule has 1 atom stereocenters. The SMILES string of the molecule is Cc1csc(CC2(CBr)CCCOC2)n1. The maximum Gasteiger partial charge on any atom is 0.0934 e. The quantitative estimate of drug-likeness (QED) is 0.798. The number of alkyl halides is 1. The second kappa shape index (κ2) is 4.93. The highest BCUT2D eigenvalue weighted by Crippen LogP contribution is 2.35. The average Bonchev–Trinajstić information content (AvgIpc) is 2.65. The molecule has 0 aromatic carbocycles. The summed E-state index contributed by atoms with van der Waals surface area (Å²) in [4.78, 5) is 4.54. The van der Waals surface area contributed by atoms with Crippen LogP contribution in [0.3, 0.4) is 0 Å². The summed E-state index contributed by atoms with van der Waals surface area (Å²) < 4.78 is 5.60. The molecular weight excluding hydrogens is 274 g/mol. The fraction of sp³-hybridized carbons (Fsp3) is 0.727. The summed E-state index contributed by atoms with van der Waals surface area (Å²) in [5.74, 6) is 0. The molecule has 2 rings (SSSR count). The molecule has 0 radical (unpaired) electrons. The third kappa shape index (κ3) is 2.80. The zero-order valence-corrected chi connectivity index (χ0v) is 11.4. The molecule has 1 unspecified atom stereocenters. The van der Waals surface area contributed by atoms with Gasteiger partial charge in [-0.3, -0.25) is 0 Å². The van der Waals surface area contributed by atoms with Gasteiger partial charge in [-0.25, -0.2) is 4.98 Å². The Balaban J connectivity index is 2.06. The number of hydrogen-bond acceptors (Lipinski definition) is 3. The van der Waals surface area contributed by atoms with Gasteiger partial charge in [0.05, 0.1) is 11.6 Å². The minimum Gasteiger partial charge on any atom is -0.381 e. The van der Waals surface area contributed by atoms with Crippen LogP contribution in [0.1, 0.15) is 23.5 Å². The maximum atomic E-state index is 5.60. The molecule has 0 aliphatic carbocycles. The van der Waals surface area contributed by atoms with Gasteiger partial charge in [-0.2, -0.15) is 0 Å². The summed E-state index contributed by atoms with van der Waals surface area (Å²) >= 11 is 5.40. The highest BCUT2D eigenvalue weighted by molar-refractivity contribution is 9.09. The van der Waals surface area contributed by atoms with Gasteiger partial charge in [0.2, 0.25) is 0 Å². The smallest absolute Gasteiger partial charge is 0.0934 e. The topological polar surface area (TPSA) is 22.1 Å². The lowest BCUT2D eigenvalue weighted by molar-refractivity contribution is 0.00612. The van der Waals surface area contributed by atoms with E-state index in [2.05, 4.69) is 33.2 Å². The molecular formula is C11H16BrNOS. The van der Waals surface area contributed by atoms with E-state index in [4.69, 9.17) is 4.74 Å². The van der Waals surface area contributed by atoms with E-state index in [-0.39, 0.29) is 5.41 Å². The Morgan fingerprint density at radius 3 is 3.07 bits per heavy atom. The van der Waals surface area contributed by atoms with Gasteiger partial charge in [0, 0.05) is 34.8 Å². The number of rotatable bonds is 3. The number of halogens is 1. The molecule has 0 bridgehead atoms. The van der Waals surface area contributed by atoms with Crippen molar-refractivity contribution in [3.05, 3.63) is 16.1 Å². The lowest BCUT2D eigenvalue weighted by Gasteiger charge is -2.34. The van der Waals surface area contributed by atoms with Crippen molar-refractivity contribution in [3.63, 3.8) is 0 Å². The van der Waals surface area contributed by atoms with Crippen LogP contribution in [0.4, 0.5) is 0 Å². The van der Waals surface area contributed by atoms with Crippen molar-refractivity contribution in [2.45, 2.75) is 26.2 Å². The van der Waals surface area contributed by atoms with Crippen LogP contribution in [0.25, 0.3) is 0 Å². The van der Waals surface area contributed by atoms with Crippen LogP contribution in [-0.2, 0) is 11.2 Å². The van der Waals surface area contributed by atoms with Crippen LogP contribution in [-0.4, -0.2) is 23.5 Å². The van der Waals surface area contributed by atoms with E-state index in [0.717, 1.165) is 30.7 Å². The molecule has 1 aromatic heterocycles. The number of ether oxygens (including phenoxy) is 1. The first-order valence-corrected chi connectivity index (χ1v) is 7.29. The number of aromatic nitrogens is 1. The fourth-order valence-corrected chi connectivity index (χ4v) is 3.59. The van der Waals surface area contributed by atoms with Crippen molar-refractivity contribution in [3.8, 4) is 0 Å². The molecule has 0 amide bonds. The van der Waals surface area contributed by atoms with Gasteiger partial charge in [0.15, 0.2) is 0 Å². The number of nitrogens with zero attached hydrogens (tertiary/aromatic N) is 1. The van der Waals surface area contributed by atoms with Crippen molar-refractivity contribution in [2.75, 3.05) is 18.5 Å². The third-order valence-corrected chi connectivity index (χ3v) is 5.04. The van der Waals surface area contributed by atoms with E-state index in [1.54, 1.807) is 11.3 Å². The molecule has 1 aliphatic rings. The minimum atomic E-state index is 0.280. The van der Waals surface area contributed by atoms with E-state index < -0.39 is 0 Å². The van der Waals surface area contributed by atoms with Crippen molar-refractivity contribution in [2.24, 2.45) is 5.41 Å². The van der Waals surface area contributed by atoms with E-state index in [1.807, 2.05) is 0 Å². The molecule has 0 spiro atoms. The number of hydrogen-bond donors (Lipinski definition) is 0. The van der Waals surface area contributed by atoms with Gasteiger partial charge in [0.1, 0.15) is 0 Å². The van der Waals surface area contributed by atoms with E-state index in [1.165, 1.54) is 17.8 Å². The largest absolute Gasteiger partial charge is 0.381 e. The van der Waals surface area contributed by atoms with Gasteiger partial charge < -0.3 is 4.74 Å². The minimum absolute atomic E-state index is 0.280. The van der Waals surface area contributed by atoms with Crippen molar-refractivity contribution in [1.29, 1.82) is 0 Å². The highest BCUT2D eigenvalue weighted by atomic mass is 79.9. The third-order valence-electron chi connectivity index (χ3n) is 2.88. The van der Waals surface area contributed by atoms with Crippen LogP contribution in [0, 0.1) is 12.3 Å². The van der Waals surface area contributed by atoms with Crippen LogP contribution in [0.5, 0.6) is 0 Å². The Labute approximate surface area is 103 Å². The average molecular weight is 290 g/mol. The molecule has 1 aliphatic heterocycles. The molecule has 15 heavy (non-hydrogen) atoms. The van der Waals surface area contributed by atoms with E-state index in [9.17, 15) is 0 Å². The first-order valence-electron chi connectivity index (χ1n) is 5.29. The Bertz CT molecular complexity index is 320. The molecule has 1 aromatic rings. The van der Waals surface area contributed by atoms with Gasteiger partial charge >= 0.3 is 0 Å². The van der Waals surface area contributed by atoms with Crippen molar-refractivity contribution < 1.29 is 4.74 Å². The molecule has 4 heteroatoms. The van der Waals surface area contributed by atoms with Crippen molar-refractivity contribution in [1.82, 2.24) is 4.98 Å². The maximum absolute atomic E-state index is 5.60. The molecule has 1 fully saturated rings. The first-order chi connectivity index (χ1) is 7.24. The summed E-state index contributed by atoms with van der Waals surface area (Å²) in [6, 6.07) is 0. The van der Waals surface area contributed by atoms with E-state index >= 15 is 0 Å². The zero-order chi connectivity index (χ0) is 10.7. The zero-order valence-electron chi connectivity index (χ0n) is 8.96. The lowest BCUT2D eigenvalue weighted by atomic mass is 9.82. The monoisotopic (exact) mass is 289 g/mol. The first kappa shape index (κ1) is 11.6. The molecule has 0 saturated carbocycles. The Kier molecular flexibility index (Phi) is 3.80. The molecule has 2 nitrogen and oxygen atoms in total. The van der Waals surface area contributed by atoms with Gasteiger partial charge in [-0.15, -0.1) is 11.3 Å². The summed E-state index contributed by atoms with van der Waals surface area (Å²) in [5, 5.41) is 4.39. The Morgan fingerprint density at radius 1 is 1.67 bits per heavy atom. The van der Waals surface area contributed by atoms with Crippen LogP contribution >= 0.6 is 27.3 Å². The van der Waals surface area contributed by atoms with Crippen LogP contribution in [0.15, 0.2) is 5.38 Å². The molecule has 1 saturated heterocycles.